The molecule has 3 unspecified atom stereocenters. The van der Waals surface area contributed by atoms with Crippen molar-refractivity contribution in [1.29, 1.82) is 0 Å². The molecule has 2 saturated carbocycles. The molecule has 3 N–H and O–H groups in total. The van der Waals surface area contributed by atoms with Gasteiger partial charge in [0.25, 0.3) is 0 Å². The van der Waals surface area contributed by atoms with Crippen LogP contribution in [0.4, 0.5) is 0 Å². The molecule has 0 aromatic heterocycles. The molecule has 0 radical (unpaired) electrons. The quantitative estimate of drug-likeness (QED) is 0.771. The minimum Gasteiger partial charge on any atom is -0.378 e. The number of hydrogen-bond acceptors (Lipinski definition) is 4. The van der Waals surface area contributed by atoms with Crippen molar-refractivity contribution in [3.8, 4) is 0 Å². The zero-order chi connectivity index (χ0) is 14.4. The van der Waals surface area contributed by atoms with Crippen LogP contribution >= 0.6 is 0 Å². The summed E-state index contributed by atoms with van der Waals surface area (Å²) in [5.41, 5.74) is 6.59. The van der Waals surface area contributed by atoms with Crippen molar-refractivity contribution in [2.24, 2.45) is 11.1 Å². The molecule has 4 nitrogen and oxygen atoms in total. The summed E-state index contributed by atoms with van der Waals surface area (Å²) in [6, 6.07) is 1.54. The van der Waals surface area contributed by atoms with E-state index in [-0.39, 0.29) is 11.0 Å². The van der Waals surface area contributed by atoms with Gasteiger partial charge < -0.3 is 15.8 Å². The van der Waals surface area contributed by atoms with Crippen molar-refractivity contribution < 1.29 is 4.74 Å². The highest BCUT2D eigenvalue weighted by Crippen LogP contribution is 2.49. The van der Waals surface area contributed by atoms with Gasteiger partial charge in [-0.2, -0.15) is 0 Å². The zero-order valence-corrected chi connectivity index (χ0v) is 13.3. The minimum atomic E-state index is -0.111. The van der Waals surface area contributed by atoms with Gasteiger partial charge in [-0.1, -0.05) is 13.8 Å². The molecule has 0 bridgehead atoms. The molecule has 3 fully saturated rings. The van der Waals surface area contributed by atoms with Gasteiger partial charge in [-0.05, 0) is 32.6 Å². The van der Waals surface area contributed by atoms with Gasteiger partial charge in [0.1, 0.15) is 0 Å². The molecule has 4 heteroatoms. The Morgan fingerprint density at radius 2 is 2.05 bits per heavy atom. The molecule has 0 spiro atoms. The standard InChI is InChI=1S/C16H31N3O/c1-4-20-14-9-16(17,15(14,2)3)11-18-12-7-8-19(10-12)13-5-6-13/h12-14,18H,4-11,17H2,1-3H3. The van der Waals surface area contributed by atoms with Crippen LogP contribution < -0.4 is 11.1 Å². The Bertz CT molecular complexity index is 356. The SMILES string of the molecule is CCOC1CC(N)(CNC2CCN(C3CC3)C2)C1(C)C. The van der Waals surface area contributed by atoms with Gasteiger partial charge in [-0.3, -0.25) is 4.90 Å². The summed E-state index contributed by atoms with van der Waals surface area (Å²) in [6.07, 6.45) is 5.42. The summed E-state index contributed by atoms with van der Waals surface area (Å²) < 4.78 is 5.80. The summed E-state index contributed by atoms with van der Waals surface area (Å²) in [4.78, 5) is 2.65. The van der Waals surface area contributed by atoms with Crippen LogP contribution in [0.1, 0.15) is 46.5 Å². The first-order valence-corrected chi connectivity index (χ1v) is 8.34. The van der Waals surface area contributed by atoms with Crippen LogP contribution in [-0.4, -0.2) is 54.9 Å². The van der Waals surface area contributed by atoms with E-state index in [0.717, 1.165) is 25.6 Å². The molecule has 3 aliphatic rings. The minimum absolute atomic E-state index is 0.0742. The van der Waals surface area contributed by atoms with E-state index < -0.39 is 0 Å². The van der Waals surface area contributed by atoms with Crippen molar-refractivity contribution in [3.63, 3.8) is 0 Å². The Kier molecular flexibility index (Phi) is 3.87. The fourth-order valence-electron chi connectivity index (χ4n) is 3.86. The van der Waals surface area contributed by atoms with Crippen LogP contribution in [0.25, 0.3) is 0 Å². The van der Waals surface area contributed by atoms with Gasteiger partial charge in [0, 0.05) is 49.3 Å². The molecular formula is C16H31N3O. The van der Waals surface area contributed by atoms with Gasteiger partial charge in [0.05, 0.1) is 6.10 Å². The van der Waals surface area contributed by atoms with Gasteiger partial charge in [0.15, 0.2) is 0 Å². The third-order valence-electron chi connectivity index (χ3n) is 5.99. The summed E-state index contributed by atoms with van der Waals surface area (Å²) in [7, 11) is 0. The average Bonchev–Trinajstić information content (AvgIpc) is 3.15. The smallest absolute Gasteiger partial charge is 0.0662 e. The second-order valence-corrected chi connectivity index (χ2v) is 7.62. The molecular weight excluding hydrogens is 250 g/mol. The van der Waals surface area contributed by atoms with E-state index in [0.29, 0.717) is 12.1 Å². The highest BCUT2D eigenvalue weighted by Gasteiger charge is 2.58. The van der Waals surface area contributed by atoms with Gasteiger partial charge in [-0.15, -0.1) is 0 Å². The van der Waals surface area contributed by atoms with Crippen LogP contribution in [-0.2, 0) is 4.74 Å². The molecule has 0 amide bonds. The van der Waals surface area contributed by atoms with Crippen LogP contribution in [0.2, 0.25) is 0 Å². The number of nitrogens with two attached hydrogens (primary N) is 1. The third kappa shape index (κ3) is 2.52. The first-order chi connectivity index (χ1) is 9.46. The second kappa shape index (κ2) is 5.24. The average molecular weight is 281 g/mol. The number of rotatable bonds is 6. The van der Waals surface area contributed by atoms with Crippen molar-refractivity contribution >= 4 is 0 Å². The van der Waals surface area contributed by atoms with Crippen LogP contribution in [0.5, 0.6) is 0 Å². The number of hydrogen-bond donors (Lipinski definition) is 2. The molecule has 3 rings (SSSR count). The third-order valence-corrected chi connectivity index (χ3v) is 5.99. The van der Waals surface area contributed by atoms with E-state index in [1.807, 2.05) is 0 Å². The van der Waals surface area contributed by atoms with E-state index in [2.05, 4.69) is 31.0 Å². The highest BCUT2D eigenvalue weighted by molar-refractivity contribution is 5.15. The largest absolute Gasteiger partial charge is 0.378 e. The van der Waals surface area contributed by atoms with E-state index in [9.17, 15) is 0 Å². The van der Waals surface area contributed by atoms with Crippen molar-refractivity contribution in [3.05, 3.63) is 0 Å². The lowest BCUT2D eigenvalue weighted by Crippen LogP contribution is -2.73. The monoisotopic (exact) mass is 281 g/mol. The molecule has 1 aliphatic heterocycles. The Morgan fingerprint density at radius 3 is 2.65 bits per heavy atom. The lowest BCUT2D eigenvalue weighted by molar-refractivity contribution is -0.148. The molecule has 1 heterocycles. The van der Waals surface area contributed by atoms with E-state index in [1.54, 1.807) is 0 Å². The van der Waals surface area contributed by atoms with Crippen LogP contribution in [0, 0.1) is 5.41 Å². The lowest BCUT2D eigenvalue weighted by atomic mass is 9.54. The molecule has 0 aromatic carbocycles. The van der Waals surface area contributed by atoms with E-state index in [1.165, 1.54) is 32.4 Å². The maximum atomic E-state index is 6.63. The highest BCUT2D eigenvalue weighted by atomic mass is 16.5. The summed E-state index contributed by atoms with van der Waals surface area (Å²) in [6.45, 7) is 10.8. The molecule has 3 atom stereocenters. The Hall–Kier alpha value is -0.160. The summed E-state index contributed by atoms with van der Waals surface area (Å²) in [5, 5.41) is 3.73. The topological polar surface area (TPSA) is 50.5 Å². The molecule has 116 valence electrons. The molecule has 1 saturated heterocycles. The number of nitrogens with zero attached hydrogens (tertiary/aromatic N) is 1. The predicted molar refractivity (Wildman–Crippen MR) is 81.7 cm³/mol. The molecule has 2 aliphatic carbocycles. The Morgan fingerprint density at radius 1 is 1.30 bits per heavy atom. The van der Waals surface area contributed by atoms with Crippen LogP contribution in [0.3, 0.4) is 0 Å². The Labute approximate surface area is 123 Å². The van der Waals surface area contributed by atoms with Crippen LogP contribution in [0.15, 0.2) is 0 Å². The lowest BCUT2D eigenvalue weighted by Gasteiger charge is -2.59. The first kappa shape index (κ1) is 14.8. The Balaban J connectivity index is 1.46. The summed E-state index contributed by atoms with van der Waals surface area (Å²) >= 11 is 0. The predicted octanol–water partition coefficient (Wildman–Crippen LogP) is 1.35. The summed E-state index contributed by atoms with van der Waals surface area (Å²) in [5.74, 6) is 0. The maximum absolute atomic E-state index is 6.63. The van der Waals surface area contributed by atoms with E-state index in [4.69, 9.17) is 10.5 Å². The number of ether oxygens (including phenoxy) is 1. The number of likely N-dealkylation sites (tertiary alicyclic amines) is 1. The normalized spacial score (nSPS) is 40.8. The first-order valence-electron chi connectivity index (χ1n) is 8.34. The number of nitrogens with one attached hydrogen (secondary N) is 1. The molecule has 0 aromatic rings. The van der Waals surface area contributed by atoms with Gasteiger partial charge in [0.2, 0.25) is 0 Å². The van der Waals surface area contributed by atoms with E-state index >= 15 is 0 Å². The van der Waals surface area contributed by atoms with Crippen molar-refractivity contribution in [2.75, 3.05) is 26.2 Å². The van der Waals surface area contributed by atoms with Gasteiger partial charge >= 0.3 is 0 Å². The molecule has 20 heavy (non-hydrogen) atoms. The fourth-order valence-corrected chi connectivity index (χ4v) is 3.86. The van der Waals surface area contributed by atoms with Crippen molar-refractivity contribution in [2.45, 2.75) is 70.2 Å². The second-order valence-electron chi connectivity index (χ2n) is 7.62. The van der Waals surface area contributed by atoms with Crippen molar-refractivity contribution in [1.82, 2.24) is 10.2 Å². The maximum Gasteiger partial charge on any atom is 0.0662 e. The zero-order valence-electron chi connectivity index (χ0n) is 13.3. The fraction of sp³-hybridized carbons (Fsp3) is 1.00. The van der Waals surface area contributed by atoms with Gasteiger partial charge in [-0.25, -0.2) is 0 Å².